The topological polar surface area (TPSA) is 0 Å². The van der Waals surface area contributed by atoms with E-state index in [4.69, 9.17) is 0 Å². The maximum absolute atomic E-state index is 2.40. The second-order valence-electron chi connectivity index (χ2n) is 5.21. The van der Waals surface area contributed by atoms with Crippen LogP contribution in [-0.2, 0) is 6.42 Å². The molecule has 2 aliphatic carbocycles. The van der Waals surface area contributed by atoms with Crippen LogP contribution in [-0.4, -0.2) is 11.0 Å². The molecule has 0 saturated carbocycles. The van der Waals surface area contributed by atoms with Crippen LogP contribution < -0.4 is 0 Å². The maximum Gasteiger partial charge on any atom is 0.0328 e. The lowest BCUT2D eigenvalue weighted by Crippen LogP contribution is -2.25. The molecule has 1 heteroatoms. The SMILES string of the molecule is C1=C2c3ccccc3CCC2C2SCCC2=C1. The fraction of sp³-hybridized carbons (Fsp3) is 0.375. The van der Waals surface area contributed by atoms with Crippen molar-refractivity contribution in [2.75, 3.05) is 5.75 Å². The minimum atomic E-state index is 0.789. The van der Waals surface area contributed by atoms with Crippen LogP contribution in [0, 0.1) is 5.92 Å². The Hall–Kier alpha value is -0.950. The van der Waals surface area contributed by atoms with Crippen LogP contribution in [0.15, 0.2) is 42.0 Å². The molecule has 2 unspecified atom stereocenters. The minimum absolute atomic E-state index is 0.789. The standard InChI is InChI=1S/C16H16S/c1-2-4-13-11(3-1)5-8-15-14(13)7-6-12-9-10-17-16(12)15/h1-4,6-7,15-16H,5,8-10H2. The van der Waals surface area contributed by atoms with Gasteiger partial charge in [0.1, 0.15) is 0 Å². The molecule has 86 valence electrons. The van der Waals surface area contributed by atoms with Crippen molar-refractivity contribution >= 4 is 17.3 Å². The molecule has 1 aromatic carbocycles. The molecule has 0 bridgehead atoms. The number of fused-ring (bicyclic) bond motifs is 5. The highest BCUT2D eigenvalue weighted by atomic mass is 32.2. The summed E-state index contributed by atoms with van der Waals surface area (Å²) in [6, 6.07) is 8.97. The van der Waals surface area contributed by atoms with E-state index in [1.54, 1.807) is 16.7 Å². The van der Waals surface area contributed by atoms with Crippen LogP contribution in [0.2, 0.25) is 0 Å². The Bertz CT molecular complexity index is 524. The van der Waals surface area contributed by atoms with E-state index in [1.807, 2.05) is 0 Å². The van der Waals surface area contributed by atoms with Crippen molar-refractivity contribution in [1.82, 2.24) is 0 Å². The third-order valence-electron chi connectivity index (χ3n) is 4.35. The fourth-order valence-corrected chi connectivity index (χ4v) is 5.05. The second-order valence-corrected chi connectivity index (χ2v) is 6.46. The number of aryl methyl sites for hydroxylation is 1. The molecule has 4 rings (SSSR count). The summed E-state index contributed by atoms with van der Waals surface area (Å²) in [7, 11) is 0. The molecule has 0 nitrogen and oxygen atoms in total. The molecule has 0 spiro atoms. The normalized spacial score (nSPS) is 29.9. The van der Waals surface area contributed by atoms with Crippen molar-refractivity contribution < 1.29 is 0 Å². The van der Waals surface area contributed by atoms with Gasteiger partial charge < -0.3 is 0 Å². The molecule has 1 heterocycles. The number of hydrogen-bond acceptors (Lipinski definition) is 1. The largest absolute Gasteiger partial charge is 0.153 e. The van der Waals surface area contributed by atoms with E-state index < -0.39 is 0 Å². The first-order chi connectivity index (χ1) is 8.43. The van der Waals surface area contributed by atoms with Gasteiger partial charge in [0.05, 0.1) is 0 Å². The van der Waals surface area contributed by atoms with Crippen LogP contribution in [0.25, 0.3) is 5.57 Å². The first kappa shape index (κ1) is 10.0. The summed E-state index contributed by atoms with van der Waals surface area (Å²) >= 11 is 2.18. The lowest BCUT2D eigenvalue weighted by molar-refractivity contribution is 0.591. The predicted octanol–water partition coefficient (Wildman–Crippen LogP) is 4.08. The van der Waals surface area contributed by atoms with Crippen LogP contribution in [0.3, 0.4) is 0 Å². The van der Waals surface area contributed by atoms with Crippen molar-refractivity contribution in [3.8, 4) is 0 Å². The van der Waals surface area contributed by atoms with E-state index in [0.29, 0.717) is 0 Å². The monoisotopic (exact) mass is 240 g/mol. The number of rotatable bonds is 0. The van der Waals surface area contributed by atoms with Gasteiger partial charge in [0.15, 0.2) is 0 Å². The molecule has 17 heavy (non-hydrogen) atoms. The van der Waals surface area contributed by atoms with Crippen LogP contribution in [0.1, 0.15) is 24.0 Å². The van der Waals surface area contributed by atoms with Gasteiger partial charge in [-0.3, -0.25) is 0 Å². The van der Waals surface area contributed by atoms with Gasteiger partial charge in [0.25, 0.3) is 0 Å². The molecular weight excluding hydrogens is 224 g/mol. The molecule has 1 aromatic rings. The lowest BCUT2D eigenvalue weighted by Gasteiger charge is -2.34. The third kappa shape index (κ3) is 1.45. The summed E-state index contributed by atoms with van der Waals surface area (Å²) in [6.07, 6.45) is 8.73. The first-order valence-corrected chi connectivity index (χ1v) is 7.59. The maximum atomic E-state index is 2.40. The third-order valence-corrected chi connectivity index (χ3v) is 5.78. The summed E-state index contributed by atoms with van der Waals surface area (Å²) in [5.74, 6) is 2.12. The van der Waals surface area contributed by atoms with Gasteiger partial charge in [-0.2, -0.15) is 11.8 Å². The van der Waals surface area contributed by atoms with E-state index in [-0.39, 0.29) is 0 Å². The molecule has 0 radical (unpaired) electrons. The Labute approximate surface area is 107 Å². The van der Waals surface area contributed by atoms with E-state index in [2.05, 4.69) is 48.2 Å². The quantitative estimate of drug-likeness (QED) is 0.658. The molecule has 0 amide bonds. The summed E-state index contributed by atoms with van der Waals surface area (Å²) in [6.45, 7) is 0. The molecule has 1 fully saturated rings. The van der Waals surface area contributed by atoms with Crippen LogP contribution in [0.5, 0.6) is 0 Å². The molecule has 0 N–H and O–H groups in total. The zero-order chi connectivity index (χ0) is 11.2. The fourth-order valence-electron chi connectivity index (χ4n) is 3.52. The van der Waals surface area contributed by atoms with Crippen LogP contribution in [0.4, 0.5) is 0 Å². The second kappa shape index (κ2) is 3.78. The molecule has 0 aromatic heterocycles. The Balaban J connectivity index is 1.84. The van der Waals surface area contributed by atoms with Crippen LogP contribution >= 0.6 is 11.8 Å². The van der Waals surface area contributed by atoms with Gasteiger partial charge in [0, 0.05) is 11.2 Å². The van der Waals surface area contributed by atoms with Crippen molar-refractivity contribution in [3.63, 3.8) is 0 Å². The molecule has 2 atom stereocenters. The zero-order valence-corrected chi connectivity index (χ0v) is 10.7. The molecule has 1 saturated heterocycles. The first-order valence-electron chi connectivity index (χ1n) is 6.54. The lowest BCUT2D eigenvalue weighted by atomic mass is 9.74. The number of benzene rings is 1. The summed E-state index contributed by atoms with van der Waals surface area (Å²) in [5.41, 5.74) is 6.37. The van der Waals surface area contributed by atoms with Gasteiger partial charge in [0.2, 0.25) is 0 Å². The summed E-state index contributed by atoms with van der Waals surface area (Å²) in [5, 5.41) is 0.795. The average molecular weight is 240 g/mol. The van der Waals surface area contributed by atoms with E-state index >= 15 is 0 Å². The number of thioether (sulfide) groups is 1. The smallest absolute Gasteiger partial charge is 0.0328 e. The van der Waals surface area contributed by atoms with Crippen molar-refractivity contribution in [3.05, 3.63) is 53.1 Å². The highest BCUT2D eigenvalue weighted by Crippen LogP contribution is 2.49. The average Bonchev–Trinajstić information content (AvgIpc) is 2.86. The van der Waals surface area contributed by atoms with Gasteiger partial charge >= 0.3 is 0 Å². The van der Waals surface area contributed by atoms with Gasteiger partial charge in [-0.25, -0.2) is 0 Å². The summed E-state index contributed by atoms with van der Waals surface area (Å²) < 4.78 is 0. The number of allylic oxidation sites excluding steroid dienone is 3. The van der Waals surface area contributed by atoms with Crippen molar-refractivity contribution in [1.29, 1.82) is 0 Å². The number of hydrogen-bond donors (Lipinski definition) is 0. The minimum Gasteiger partial charge on any atom is -0.153 e. The van der Waals surface area contributed by atoms with Crippen molar-refractivity contribution in [2.45, 2.75) is 24.5 Å². The van der Waals surface area contributed by atoms with Gasteiger partial charge in [-0.15, -0.1) is 0 Å². The van der Waals surface area contributed by atoms with E-state index in [1.165, 1.54) is 30.6 Å². The predicted molar refractivity (Wildman–Crippen MR) is 75.2 cm³/mol. The Morgan fingerprint density at radius 2 is 2.00 bits per heavy atom. The Morgan fingerprint density at radius 1 is 1.06 bits per heavy atom. The van der Waals surface area contributed by atoms with Gasteiger partial charge in [-0.05, 0) is 41.7 Å². The van der Waals surface area contributed by atoms with Crippen molar-refractivity contribution in [2.24, 2.45) is 5.92 Å². The summed E-state index contributed by atoms with van der Waals surface area (Å²) in [4.78, 5) is 0. The molecule has 3 aliphatic rings. The Morgan fingerprint density at radius 3 is 3.00 bits per heavy atom. The highest BCUT2D eigenvalue weighted by molar-refractivity contribution is 8.00. The Kier molecular flexibility index (Phi) is 2.23. The van der Waals surface area contributed by atoms with E-state index in [0.717, 1.165) is 11.2 Å². The molecular formula is C16H16S. The highest BCUT2D eigenvalue weighted by Gasteiger charge is 2.36. The zero-order valence-electron chi connectivity index (χ0n) is 9.86. The van der Waals surface area contributed by atoms with E-state index in [9.17, 15) is 0 Å². The molecule has 1 aliphatic heterocycles. The van der Waals surface area contributed by atoms with Gasteiger partial charge in [-0.1, -0.05) is 42.0 Å².